The van der Waals surface area contributed by atoms with E-state index in [-0.39, 0.29) is 0 Å². The second kappa shape index (κ2) is 6.15. The summed E-state index contributed by atoms with van der Waals surface area (Å²) in [6, 6.07) is 0. The van der Waals surface area contributed by atoms with E-state index in [2.05, 4.69) is 29.3 Å². The van der Waals surface area contributed by atoms with Gasteiger partial charge in [0.1, 0.15) is 0 Å². The largest absolute Gasteiger partial charge is 0.339 e. The molecule has 96 valence electrons. The molecule has 2 heterocycles. The molecule has 0 bridgehead atoms. The maximum atomic E-state index is 5.28. The quantitative estimate of drug-likeness (QED) is 0.824. The maximum absolute atomic E-state index is 5.28. The van der Waals surface area contributed by atoms with Crippen LogP contribution in [0.2, 0.25) is 0 Å². The van der Waals surface area contributed by atoms with Gasteiger partial charge in [0.05, 0.1) is 0 Å². The number of hydrogen-bond acceptors (Lipinski definition) is 4. The Morgan fingerprint density at radius 3 is 3.00 bits per heavy atom. The first kappa shape index (κ1) is 12.6. The molecule has 2 rings (SSSR count). The Labute approximate surface area is 103 Å². The van der Waals surface area contributed by atoms with Crippen LogP contribution >= 0.6 is 0 Å². The van der Waals surface area contributed by atoms with Crippen LogP contribution in [0, 0.1) is 11.8 Å². The second-order valence-electron chi connectivity index (χ2n) is 5.43. The van der Waals surface area contributed by atoms with Gasteiger partial charge in [-0.25, -0.2) is 0 Å². The van der Waals surface area contributed by atoms with Crippen molar-refractivity contribution in [3.05, 3.63) is 11.7 Å². The summed E-state index contributed by atoms with van der Waals surface area (Å²) in [5.74, 6) is 3.18. The maximum Gasteiger partial charge on any atom is 0.226 e. The zero-order chi connectivity index (χ0) is 12.1. The minimum absolute atomic E-state index is 0.696. The summed E-state index contributed by atoms with van der Waals surface area (Å²) in [6.07, 6.45) is 5.45. The molecule has 0 aliphatic carbocycles. The van der Waals surface area contributed by atoms with Gasteiger partial charge in [-0.15, -0.1) is 0 Å². The van der Waals surface area contributed by atoms with E-state index in [0.29, 0.717) is 5.92 Å². The predicted octanol–water partition coefficient (Wildman–Crippen LogP) is 2.20. The summed E-state index contributed by atoms with van der Waals surface area (Å²) >= 11 is 0. The second-order valence-corrected chi connectivity index (χ2v) is 5.43. The van der Waals surface area contributed by atoms with Gasteiger partial charge in [-0.2, -0.15) is 4.98 Å². The third-order valence-electron chi connectivity index (χ3n) is 3.38. The Morgan fingerprint density at radius 1 is 1.41 bits per heavy atom. The molecule has 17 heavy (non-hydrogen) atoms. The first-order valence-electron chi connectivity index (χ1n) is 6.76. The van der Waals surface area contributed by atoms with Crippen LogP contribution in [0.1, 0.15) is 44.8 Å². The molecular weight excluding hydrogens is 214 g/mol. The first-order chi connectivity index (χ1) is 8.24. The molecular formula is C13H23N3O. The summed E-state index contributed by atoms with van der Waals surface area (Å²) in [4.78, 5) is 4.44. The van der Waals surface area contributed by atoms with Crippen molar-refractivity contribution < 1.29 is 4.52 Å². The Morgan fingerprint density at radius 2 is 2.29 bits per heavy atom. The average molecular weight is 237 g/mol. The fourth-order valence-corrected chi connectivity index (χ4v) is 2.20. The van der Waals surface area contributed by atoms with Gasteiger partial charge in [0, 0.05) is 12.8 Å². The van der Waals surface area contributed by atoms with Crippen molar-refractivity contribution in [3.8, 4) is 0 Å². The number of nitrogens with zero attached hydrogens (tertiary/aromatic N) is 2. The minimum Gasteiger partial charge on any atom is -0.339 e. The predicted molar refractivity (Wildman–Crippen MR) is 66.8 cm³/mol. The molecule has 1 aliphatic heterocycles. The Bertz CT molecular complexity index is 329. The summed E-state index contributed by atoms with van der Waals surface area (Å²) < 4.78 is 5.28. The lowest BCUT2D eigenvalue weighted by Gasteiger charge is -2.04. The molecule has 1 atom stereocenters. The minimum atomic E-state index is 0.696. The third-order valence-corrected chi connectivity index (χ3v) is 3.38. The average Bonchev–Trinajstić information content (AvgIpc) is 2.95. The van der Waals surface area contributed by atoms with Gasteiger partial charge < -0.3 is 9.84 Å². The van der Waals surface area contributed by atoms with Crippen molar-refractivity contribution in [1.29, 1.82) is 0 Å². The number of aryl methyl sites for hydroxylation is 2. The van der Waals surface area contributed by atoms with Gasteiger partial charge in [0.15, 0.2) is 5.82 Å². The molecule has 1 aromatic heterocycles. The first-order valence-corrected chi connectivity index (χ1v) is 6.76. The van der Waals surface area contributed by atoms with E-state index < -0.39 is 0 Å². The van der Waals surface area contributed by atoms with Crippen LogP contribution in [0.3, 0.4) is 0 Å². The fourth-order valence-electron chi connectivity index (χ4n) is 2.20. The third kappa shape index (κ3) is 4.11. The van der Waals surface area contributed by atoms with E-state index in [1.807, 2.05) is 0 Å². The van der Waals surface area contributed by atoms with Crippen molar-refractivity contribution in [2.75, 3.05) is 13.1 Å². The summed E-state index contributed by atoms with van der Waals surface area (Å²) in [6.45, 7) is 6.74. The van der Waals surface area contributed by atoms with Crippen LogP contribution in [0.15, 0.2) is 4.52 Å². The Balaban J connectivity index is 1.73. The highest BCUT2D eigenvalue weighted by molar-refractivity contribution is 4.88. The van der Waals surface area contributed by atoms with Gasteiger partial charge in [-0.1, -0.05) is 19.0 Å². The highest BCUT2D eigenvalue weighted by Crippen LogP contribution is 2.15. The number of nitrogens with one attached hydrogen (secondary N) is 1. The van der Waals surface area contributed by atoms with Crippen LogP contribution in [-0.4, -0.2) is 23.2 Å². The van der Waals surface area contributed by atoms with Crippen LogP contribution in [0.25, 0.3) is 0 Å². The van der Waals surface area contributed by atoms with Gasteiger partial charge in [0.25, 0.3) is 0 Å². The normalized spacial score (nSPS) is 20.3. The molecule has 0 amide bonds. The highest BCUT2D eigenvalue weighted by Gasteiger charge is 2.16. The number of hydrogen-bond donors (Lipinski definition) is 1. The van der Waals surface area contributed by atoms with E-state index in [1.54, 1.807) is 0 Å². The molecule has 0 saturated carbocycles. The Hall–Kier alpha value is -0.900. The van der Waals surface area contributed by atoms with E-state index in [9.17, 15) is 0 Å². The van der Waals surface area contributed by atoms with E-state index >= 15 is 0 Å². The van der Waals surface area contributed by atoms with Crippen molar-refractivity contribution in [3.63, 3.8) is 0 Å². The molecule has 1 fully saturated rings. The number of rotatable bonds is 6. The lowest BCUT2D eigenvalue weighted by atomic mass is 10.0. The standard InChI is InChI=1S/C13H23N3O/c1-10(2)3-5-12-15-13(17-16-12)6-4-11-7-8-14-9-11/h10-11,14H,3-9H2,1-2H3. The van der Waals surface area contributed by atoms with Crippen LogP contribution in [0.4, 0.5) is 0 Å². The monoisotopic (exact) mass is 237 g/mol. The van der Waals surface area contributed by atoms with Crippen LogP contribution in [0.5, 0.6) is 0 Å². The summed E-state index contributed by atoms with van der Waals surface area (Å²) in [5.41, 5.74) is 0. The molecule has 4 nitrogen and oxygen atoms in total. The van der Waals surface area contributed by atoms with E-state index in [0.717, 1.165) is 50.0 Å². The highest BCUT2D eigenvalue weighted by atomic mass is 16.5. The molecule has 0 spiro atoms. The molecule has 1 aromatic rings. The molecule has 0 radical (unpaired) electrons. The Kier molecular flexibility index (Phi) is 4.54. The van der Waals surface area contributed by atoms with Gasteiger partial charge in [0.2, 0.25) is 5.89 Å². The van der Waals surface area contributed by atoms with Crippen molar-refractivity contribution in [2.24, 2.45) is 11.8 Å². The SMILES string of the molecule is CC(C)CCc1noc(CCC2CCNC2)n1. The van der Waals surface area contributed by atoms with Crippen LogP contribution < -0.4 is 5.32 Å². The van der Waals surface area contributed by atoms with Crippen molar-refractivity contribution >= 4 is 0 Å². The molecule has 1 unspecified atom stereocenters. The van der Waals surface area contributed by atoms with Gasteiger partial charge in [-0.3, -0.25) is 0 Å². The zero-order valence-electron chi connectivity index (χ0n) is 10.9. The lowest BCUT2D eigenvalue weighted by Crippen LogP contribution is -2.09. The molecule has 0 aromatic carbocycles. The molecule has 1 saturated heterocycles. The zero-order valence-corrected chi connectivity index (χ0v) is 10.9. The van der Waals surface area contributed by atoms with Crippen molar-refractivity contribution in [1.82, 2.24) is 15.5 Å². The molecule has 1 aliphatic rings. The fraction of sp³-hybridized carbons (Fsp3) is 0.846. The van der Waals surface area contributed by atoms with E-state index in [1.165, 1.54) is 12.8 Å². The molecule has 4 heteroatoms. The number of aromatic nitrogens is 2. The topological polar surface area (TPSA) is 51.0 Å². The summed E-state index contributed by atoms with van der Waals surface area (Å²) in [7, 11) is 0. The lowest BCUT2D eigenvalue weighted by molar-refractivity contribution is 0.359. The van der Waals surface area contributed by atoms with Gasteiger partial charge in [-0.05, 0) is 44.2 Å². The van der Waals surface area contributed by atoms with Gasteiger partial charge >= 0.3 is 0 Å². The molecule has 1 N–H and O–H groups in total. The van der Waals surface area contributed by atoms with Crippen molar-refractivity contribution in [2.45, 2.75) is 46.0 Å². The smallest absolute Gasteiger partial charge is 0.226 e. The summed E-state index contributed by atoms with van der Waals surface area (Å²) in [5, 5.41) is 7.41. The van der Waals surface area contributed by atoms with E-state index in [4.69, 9.17) is 4.52 Å². The van der Waals surface area contributed by atoms with Crippen LogP contribution in [-0.2, 0) is 12.8 Å².